The average Bonchev–Trinajstić information content (AvgIpc) is 3.23. The molecule has 0 aromatic heterocycles. The van der Waals surface area contributed by atoms with Crippen LogP contribution in [0.3, 0.4) is 0 Å². The van der Waals surface area contributed by atoms with E-state index in [0.29, 0.717) is 25.7 Å². The second-order valence-electron chi connectivity index (χ2n) is 17.3. The van der Waals surface area contributed by atoms with E-state index in [4.69, 9.17) is 14.0 Å². The molecule has 4 saturated carbocycles. The second-order valence-corrected chi connectivity index (χ2v) is 18.4. The first-order chi connectivity index (χ1) is 23.2. The zero-order valence-corrected chi connectivity index (χ0v) is 30.8. The molecule has 5 fully saturated rings. The number of ether oxygens (including phenoxy) is 2. The van der Waals surface area contributed by atoms with E-state index >= 15 is 0 Å². The normalized spacial score (nSPS) is 49.2. The molecule has 0 radical (unpaired) electrons. The number of rotatable bonds is 12. The van der Waals surface area contributed by atoms with E-state index < -0.39 is 89.1 Å². The van der Waals surface area contributed by atoms with Crippen molar-refractivity contribution in [2.75, 3.05) is 13.2 Å². The first-order valence-electron chi connectivity index (χ1n) is 18.5. The molecule has 0 amide bonds. The fourth-order valence-corrected chi connectivity index (χ4v) is 12.0. The third-order valence-corrected chi connectivity index (χ3v) is 14.6. The zero-order valence-electron chi connectivity index (χ0n) is 30.0. The average molecular weight is 739 g/mol. The van der Waals surface area contributed by atoms with Crippen molar-refractivity contribution < 1.29 is 67.5 Å². The minimum Gasteiger partial charge on any atom is -0.393 e. The van der Waals surface area contributed by atoms with Crippen molar-refractivity contribution >= 4 is 10.4 Å². The first kappa shape index (κ1) is 40.7. The van der Waals surface area contributed by atoms with Gasteiger partial charge in [-0.05, 0) is 91.3 Å². The molecule has 0 spiro atoms. The number of aliphatic hydroxyl groups is 8. The molecule has 0 unspecified atom stereocenters. The van der Waals surface area contributed by atoms with Gasteiger partial charge in [0.25, 0.3) is 0 Å². The van der Waals surface area contributed by atoms with Crippen LogP contribution in [0.1, 0.15) is 92.4 Å². The van der Waals surface area contributed by atoms with Crippen LogP contribution in [-0.4, -0.2) is 128 Å². The van der Waals surface area contributed by atoms with Crippen molar-refractivity contribution in [1.29, 1.82) is 0 Å². The molecule has 50 heavy (non-hydrogen) atoms. The fraction of sp³-hybridized carbons (Fsp3) is 1.00. The van der Waals surface area contributed by atoms with Gasteiger partial charge in [-0.2, -0.15) is 8.42 Å². The monoisotopic (exact) mass is 738 g/mol. The molecule has 9 N–H and O–H groups in total. The van der Waals surface area contributed by atoms with Crippen molar-refractivity contribution in [1.82, 2.24) is 0 Å². The molecule has 0 aromatic carbocycles. The minimum atomic E-state index is -4.82. The second kappa shape index (κ2) is 15.0. The predicted octanol–water partition coefficient (Wildman–Crippen LogP) is 0.756. The number of aliphatic hydroxyl groups excluding tert-OH is 7. The molecule has 5 rings (SSSR count). The van der Waals surface area contributed by atoms with Gasteiger partial charge in [0.2, 0.25) is 0 Å². The van der Waals surface area contributed by atoms with E-state index in [-0.39, 0.29) is 54.0 Å². The largest absolute Gasteiger partial charge is 0.397 e. The molecule has 4 aliphatic carbocycles. The third-order valence-electron chi connectivity index (χ3n) is 14.2. The molecule has 1 aliphatic heterocycles. The zero-order chi connectivity index (χ0) is 37.1. The van der Waals surface area contributed by atoms with Gasteiger partial charge in [-0.1, -0.05) is 41.0 Å². The van der Waals surface area contributed by atoms with Gasteiger partial charge >= 0.3 is 10.4 Å². The number of hydrogen-bond donors (Lipinski definition) is 9. The maximum absolute atomic E-state index is 12.6. The summed E-state index contributed by atoms with van der Waals surface area (Å²) in [5.74, 6) is -0.803. The van der Waals surface area contributed by atoms with E-state index in [1.165, 1.54) is 0 Å². The van der Waals surface area contributed by atoms with Crippen molar-refractivity contribution in [2.24, 2.45) is 52.3 Å². The smallest absolute Gasteiger partial charge is 0.393 e. The Labute approximate surface area is 296 Å². The maximum atomic E-state index is 12.6. The molecule has 1 heterocycles. The quantitative estimate of drug-likeness (QED) is 0.126. The summed E-state index contributed by atoms with van der Waals surface area (Å²) < 4.78 is 46.4. The highest BCUT2D eigenvalue weighted by Crippen LogP contribution is 2.69. The van der Waals surface area contributed by atoms with Crippen LogP contribution in [0.2, 0.25) is 0 Å². The highest BCUT2D eigenvalue weighted by Gasteiger charge is 2.72. The Morgan fingerprint density at radius 2 is 1.50 bits per heavy atom. The topological polar surface area (TPSA) is 244 Å². The van der Waals surface area contributed by atoms with Crippen LogP contribution >= 0.6 is 0 Å². The van der Waals surface area contributed by atoms with E-state index in [2.05, 4.69) is 38.8 Å². The Balaban J connectivity index is 1.22. The Morgan fingerprint density at radius 1 is 0.840 bits per heavy atom. The molecule has 292 valence electrons. The van der Waals surface area contributed by atoms with Gasteiger partial charge in [-0.3, -0.25) is 4.55 Å². The Hall–Kier alpha value is -0.530. The van der Waals surface area contributed by atoms with E-state index in [1.807, 2.05) is 0 Å². The van der Waals surface area contributed by atoms with Gasteiger partial charge in [-0.25, -0.2) is 4.18 Å². The fourth-order valence-electron chi connectivity index (χ4n) is 11.7. The summed E-state index contributed by atoms with van der Waals surface area (Å²) >= 11 is 0. The molecule has 15 heteroatoms. The maximum Gasteiger partial charge on any atom is 0.397 e. The summed E-state index contributed by atoms with van der Waals surface area (Å²) in [5, 5.41) is 88.5. The summed E-state index contributed by atoms with van der Waals surface area (Å²) in [4.78, 5) is 0. The van der Waals surface area contributed by atoms with E-state index in [0.717, 1.165) is 25.7 Å². The Morgan fingerprint density at radius 3 is 2.14 bits per heavy atom. The minimum absolute atomic E-state index is 0.0117. The molecular weight excluding hydrogens is 676 g/mol. The molecule has 0 bridgehead atoms. The molecule has 1 saturated heterocycles. The lowest BCUT2D eigenvalue weighted by molar-refractivity contribution is -0.300. The highest BCUT2D eigenvalue weighted by atomic mass is 32.3. The summed E-state index contributed by atoms with van der Waals surface area (Å²) in [6.07, 6.45) is -5.77. The van der Waals surface area contributed by atoms with E-state index in [9.17, 15) is 49.3 Å². The lowest BCUT2D eigenvalue weighted by atomic mass is 9.42. The van der Waals surface area contributed by atoms with Crippen LogP contribution < -0.4 is 0 Å². The Bertz CT molecular complexity index is 1270. The molecule has 14 nitrogen and oxygen atoms in total. The van der Waals surface area contributed by atoms with Crippen LogP contribution in [0.25, 0.3) is 0 Å². The molecule has 0 aromatic rings. The lowest BCUT2D eigenvalue weighted by Crippen LogP contribution is -2.68. The van der Waals surface area contributed by atoms with Gasteiger partial charge in [-0.15, -0.1) is 0 Å². The van der Waals surface area contributed by atoms with Gasteiger partial charge in [0, 0.05) is 12.3 Å². The molecule has 18 atom stereocenters. The predicted molar refractivity (Wildman–Crippen MR) is 178 cm³/mol. The van der Waals surface area contributed by atoms with Crippen LogP contribution in [0.15, 0.2) is 0 Å². The van der Waals surface area contributed by atoms with Crippen LogP contribution in [0.5, 0.6) is 0 Å². The van der Waals surface area contributed by atoms with Crippen molar-refractivity contribution in [3.8, 4) is 0 Å². The first-order valence-corrected chi connectivity index (χ1v) is 19.9. The van der Waals surface area contributed by atoms with Crippen molar-refractivity contribution in [3.05, 3.63) is 0 Å². The van der Waals surface area contributed by atoms with Crippen molar-refractivity contribution in [2.45, 2.75) is 153 Å². The standard InChI is InChI=1S/C35H62O14S/c1-17(2)19(10-13-47-32-30(42)28(40)26(38)23(49-32)16-48-50(44,45)46)7-6-18(3)25-27(39)29(41)31-34(25,5)12-9-24-33(4)11-8-20(36)14-21(33)22(37)15-35(24,31)43/h17-32,36-43H,6-16H2,1-5H3,(H,44,45,46)/t18-,19-,20+,21-,22+,23+,24-,25+,26+,27-,28+,29-,30-,31+,32+,33+,34-,35+/m1/s1. The van der Waals surface area contributed by atoms with Crippen LogP contribution in [0.4, 0.5) is 0 Å². The summed E-state index contributed by atoms with van der Waals surface area (Å²) in [5.41, 5.74) is -2.29. The summed E-state index contributed by atoms with van der Waals surface area (Å²) in [6, 6.07) is 0. The summed E-state index contributed by atoms with van der Waals surface area (Å²) in [6.45, 7) is 9.78. The van der Waals surface area contributed by atoms with Crippen LogP contribution in [0, 0.1) is 52.3 Å². The highest BCUT2D eigenvalue weighted by molar-refractivity contribution is 7.80. The van der Waals surface area contributed by atoms with Gasteiger partial charge in [0.05, 0.1) is 43.2 Å². The number of hydrogen-bond acceptors (Lipinski definition) is 13. The number of fused-ring (bicyclic) bond motifs is 5. The van der Waals surface area contributed by atoms with Gasteiger partial charge in [0.15, 0.2) is 6.29 Å². The van der Waals surface area contributed by atoms with Crippen molar-refractivity contribution in [3.63, 3.8) is 0 Å². The van der Waals surface area contributed by atoms with Gasteiger partial charge < -0.3 is 50.3 Å². The van der Waals surface area contributed by atoms with E-state index in [1.54, 1.807) is 0 Å². The molecule has 5 aliphatic rings. The molecular formula is C35H62O14S. The summed E-state index contributed by atoms with van der Waals surface area (Å²) in [7, 11) is -4.82. The van der Waals surface area contributed by atoms with Crippen LogP contribution in [-0.2, 0) is 24.1 Å². The SMILES string of the molecule is CC(C)[C@@H](CCO[C@H]1O[C@@H](COS(=O)(=O)O)[C@H](O)[C@H](O)[C@H]1O)CC[C@@H](C)[C@H]1[C@@H](O)[C@@H](O)[C@H]2[C@]1(C)CC[C@@H]1[C@@]3(C)CC[C@H](O)C[C@@H]3[C@@H](O)C[C@]12O. The lowest BCUT2D eigenvalue weighted by Gasteiger charge is -2.65. The Kier molecular flexibility index (Phi) is 12.2. The third kappa shape index (κ3) is 7.43. The van der Waals surface area contributed by atoms with Gasteiger partial charge in [0.1, 0.15) is 24.4 Å².